The minimum atomic E-state index is 0.187. The van der Waals surface area contributed by atoms with Gasteiger partial charge < -0.3 is 15.1 Å². The number of nitrogens with one attached hydrogen (secondary N) is 1. The Labute approximate surface area is 154 Å². The molecule has 1 amide bonds. The molecular formula is C19H28N4OS. The summed E-state index contributed by atoms with van der Waals surface area (Å²) in [6.07, 6.45) is 0.518. The number of hydrogen-bond donors (Lipinski definition) is 1. The molecule has 2 aliphatic rings. The summed E-state index contributed by atoms with van der Waals surface area (Å²) < 4.78 is 0. The fourth-order valence-electron chi connectivity index (χ4n) is 3.44. The molecule has 1 N–H and O–H groups in total. The number of para-hydroxylation sites is 1. The van der Waals surface area contributed by atoms with Gasteiger partial charge in [-0.25, -0.2) is 0 Å². The first-order chi connectivity index (χ1) is 12.1. The van der Waals surface area contributed by atoms with Gasteiger partial charge >= 0.3 is 0 Å². The van der Waals surface area contributed by atoms with Gasteiger partial charge in [-0.2, -0.15) is 11.8 Å². The van der Waals surface area contributed by atoms with Crippen LogP contribution in [0.3, 0.4) is 0 Å². The number of guanidine groups is 1. The number of hydrogen-bond acceptors (Lipinski definition) is 3. The van der Waals surface area contributed by atoms with Crippen LogP contribution in [0.15, 0.2) is 29.3 Å². The lowest BCUT2D eigenvalue weighted by Gasteiger charge is -2.36. The standard InChI is InChI=1S/C19H28N4OS/c1-14(2)17-13-22(10-11-25-17)19(20-3)21-8-9-23-16-7-5-4-6-15(16)12-18(23)24/h4-7,14,17H,8-13H2,1-3H3,(H,20,21). The van der Waals surface area contributed by atoms with Gasteiger partial charge in [0.05, 0.1) is 6.42 Å². The molecule has 1 aromatic carbocycles. The van der Waals surface area contributed by atoms with Crippen LogP contribution in [0.1, 0.15) is 19.4 Å². The van der Waals surface area contributed by atoms with E-state index in [0.29, 0.717) is 30.7 Å². The maximum atomic E-state index is 12.3. The number of thioether (sulfide) groups is 1. The lowest BCUT2D eigenvalue weighted by atomic mass is 10.1. The Morgan fingerprint density at radius 2 is 2.20 bits per heavy atom. The fourth-order valence-corrected chi connectivity index (χ4v) is 4.74. The summed E-state index contributed by atoms with van der Waals surface area (Å²) in [4.78, 5) is 20.9. The third-order valence-electron chi connectivity index (χ3n) is 4.89. The molecule has 1 saturated heterocycles. The highest BCUT2D eigenvalue weighted by molar-refractivity contribution is 8.00. The van der Waals surface area contributed by atoms with Crippen molar-refractivity contribution in [3.8, 4) is 0 Å². The summed E-state index contributed by atoms with van der Waals surface area (Å²) in [5.41, 5.74) is 2.18. The van der Waals surface area contributed by atoms with Crippen LogP contribution in [0.2, 0.25) is 0 Å². The Morgan fingerprint density at radius 3 is 2.96 bits per heavy atom. The Bertz CT molecular complexity index is 646. The van der Waals surface area contributed by atoms with Crippen LogP contribution < -0.4 is 10.2 Å². The first-order valence-corrected chi connectivity index (χ1v) is 10.1. The predicted octanol–water partition coefficient (Wildman–Crippen LogP) is 2.22. The molecule has 0 aliphatic carbocycles. The van der Waals surface area contributed by atoms with Gasteiger partial charge in [0.2, 0.25) is 5.91 Å². The van der Waals surface area contributed by atoms with Crippen molar-refractivity contribution in [3.63, 3.8) is 0 Å². The number of carbonyl (C=O) groups is 1. The Balaban J connectivity index is 1.55. The van der Waals surface area contributed by atoms with E-state index in [1.54, 1.807) is 0 Å². The van der Waals surface area contributed by atoms with E-state index >= 15 is 0 Å². The van der Waals surface area contributed by atoms with E-state index in [4.69, 9.17) is 0 Å². The highest BCUT2D eigenvalue weighted by Crippen LogP contribution is 2.28. The van der Waals surface area contributed by atoms with Gasteiger partial charge in [-0.3, -0.25) is 9.79 Å². The van der Waals surface area contributed by atoms with Crippen LogP contribution in [0, 0.1) is 5.92 Å². The Morgan fingerprint density at radius 1 is 1.40 bits per heavy atom. The number of aliphatic imine (C=N–C) groups is 1. The summed E-state index contributed by atoms with van der Waals surface area (Å²) in [6.45, 7) is 8.02. The number of carbonyl (C=O) groups excluding carboxylic acids is 1. The number of nitrogens with zero attached hydrogens (tertiary/aromatic N) is 3. The Hall–Kier alpha value is -1.69. The average Bonchev–Trinajstić information content (AvgIpc) is 2.94. The first-order valence-electron chi connectivity index (χ1n) is 9.05. The van der Waals surface area contributed by atoms with Gasteiger partial charge in [-0.05, 0) is 17.5 Å². The Kier molecular flexibility index (Phi) is 5.89. The normalized spacial score (nSPS) is 21.0. The molecule has 2 aliphatic heterocycles. The smallest absolute Gasteiger partial charge is 0.231 e. The van der Waals surface area contributed by atoms with Crippen molar-refractivity contribution >= 4 is 29.3 Å². The van der Waals surface area contributed by atoms with Crippen LogP contribution in [0.5, 0.6) is 0 Å². The molecule has 136 valence electrons. The zero-order valence-corrected chi connectivity index (χ0v) is 16.2. The van der Waals surface area contributed by atoms with E-state index in [1.165, 1.54) is 0 Å². The van der Waals surface area contributed by atoms with Crippen LogP contribution in [0.25, 0.3) is 0 Å². The van der Waals surface area contributed by atoms with Gasteiger partial charge in [0.25, 0.3) is 0 Å². The molecule has 6 heteroatoms. The van der Waals surface area contributed by atoms with Crippen molar-refractivity contribution in [2.75, 3.05) is 43.9 Å². The average molecular weight is 361 g/mol. The van der Waals surface area contributed by atoms with Crippen LogP contribution in [-0.2, 0) is 11.2 Å². The zero-order chi connectivity index (χ0) is 17.8. The fraction of sp³-hybridized carbons (Fsp3) is 0.579. The van der Waals surface area contributed by atoms with Gasteiger partial charge in [0.1, 0.15) is 0 Å². The highest BCUT2D eigenvalue weighted by atomic mass is 32.2. The molecule has 0 spiro atoms. The molecule has 1 atom stereocenters. The van der Waals surface area contributed by atoms with E-state index in [9.17, 15) is 4.79 Å². The second-order valence-corrected chi connectivity index (χ2v) is 8.27. The molecule has 0 aromatic heterocycles. The van der Waals surface area contributed by atoms with Gasteiger partial charge in [-0.15, -0.1) is 0 Å². The predicted molar refractivity (Wildman–Crippen MR) is 107 cm³/mol. The molecular weight excluding hydrogens is 332 g/mol. The molecule has 1 fully saturated rings. The number of anilines is 1. The summed E-state index contributed by atoms with van der Waals surface area (Å²) >= 11 is 2.06. The molecule has 25 heavy (non-hydrogen) atoms. The molecule has 5 nitrogen and oxygen atoms in total. The molecule has 1 aromatic rings. The van der Waals surface area contributed by atoms with Gasteiger partial charge in [-0.1, -0.05) is 32.0 Å². The van der Waals surface area contributed by atoms with Crippen molar-refractivity contribution < 1.29 is 4.79 Å². The van der Waals surface area contributed by atoms with Crippen LogP contribution >= 0.6 is 11.8 Å². The summed E-state index contributed by atoms with van der Waals surface area (Å²) in [7, 11) is 1.84. The maximum absolute atomic E-state index is 12.3. The second-order valence-electron chi connectivity index (χ2n) is 6.92. The number of fused-ring (bicyclic) bond motifs is 1. The van der Waals surface area contributed by atoms with Gasteiger partial charge in [0, 0.05) is 49.9 Å². The van der Waals surface area contributed by atoms with Crippen LogP contribution in [0.4, 0.5) is 5.69 Å². The summed E-state index contributed by atoms with van der Waals surface area (Å²) in [5, 5.41) is 4.10. The third-order valence-corrected chi connectivity index (χ3v) is 6.43. The molecule has 3 rings (SSSR count). The lowest BCUT2D eigenvalue weighted by Crippen LogP contribution is -2.50. The van der Waals surface area contributed by atoms with E-state index in [1.807, 2.05) is 36.2 Å². The van der Waals surface area contributed by atoms with Crippen molar-refractivity contribution in [1.82, 2.24) is 10.2 Å². The van der Waals surface area contributed by atoms with Crippen LogP contribution in [-0.4, -0.2) is 61.0 Å². The monoisotopic (exact) mass is 360 g/mol. The number of rotatable bonds is 4. The van der Waals surface area contributed by atoms with Crippen molar-refractivity contribution in [2.24, 2.45) is 10.9 Å². The third kappa shape index (κ3) is 4.11. The number of amides is 1. The molecule has 2 heterocycles. The first kappa shape index (κ1) is 18.1. The van der Waals surface area contributed by atoms with Crippen molar-refractivity contribution in [2.45, 2.75) is 25.5 Å². The van der Waals surface area contributed by atoms with Crippen molar-refractivity contribution in [3.05, 3.63) is 29.8 Å². The minimum absolute atomic E-state index is 0.187. The van der Waals surface area contributed by atoms with E-state index in [2.05, 4.69) is 40.8 Å². The van der Waals surface area contributed by atoms with Gasteiger partial charge in [0.15, 0.2) is 5.96 Å². The molecule has 0 bridgehead atoms. The summed E-state index contributed by atoms with van der Waals surface area (Å²) in [6, 6.07) is 8.06. The SMILES string of the molecule is CN=C(NCCN1C(=O)Cc2ccccc21)N1CCSC(C(C)C)C1. The highest BCUT2D eigenvalue weighted by Gasteiger charge is 2.27. The maximum Gasteiger partial charge on any atom is 0.231 e. The largest absolute Gasteiger partial charge is 0.354 e. The summed E-state index contributed by atoms with van der Waals surface area (Å²) in [5.74, 6) is 2.95. The molecule has 1 unspecified atom stereocenters. The van der Waals surface area contributed by atoms with E-state index in [0.717, 1.165) is 36.1 Å². The van der Waals surface area contributed by atoms with Crippen molar-refractivity contribution in [1.29, 1.82) is 0 Å². The second kappa shape index (κ2) is 8.13. The number of benzene rings is 1. The molecule has 0 saturated carbocycles. The van der Waals surface area contributed by atoms with E-state index in [-0.39, 0.29) is 5.91 Å². The lowest BCUT2D eigenvalue weighted by molar-refractivity contribution is -0.117. The quantitative estimate of drug-likeness (QED) is 0.661. The molecule has 0 radical (unpaired) electrons. The minimum Gasteiger partial charge on any atom is -0.354 e. The van der Waals surface area contributed by atoms with E-state index < -0.39 is 0 Å². The zero-order valence-electron chi connectivity index (χ0n) is 15.4. The topological polar surface area (TPSA) is 47.9 Å².